The Hall–Kier alpha value is -2.80. The van der Waals surface area contributed by atoms with E-state index >= 15 is 0 Å². The Balaban J connectivity index is 1.77. The molecule has 0 saturated heterocycles. The van der Waals surface area contributed by atoms with Gasteiger partial charge in [0.05, 0.1) is 12.2 Å². The van der Waals surface area contributed by atoms with Crippen molar-refractivity contribution in [2.75, 3.05) is 38.3 Å². The summed E-state index contributed by atoms with van der Waals surface area (Å²) in [4.78, 5) is 2.92. The summed E-state index contributed by atoms with van der Waals surface area (Å²) >= 11 is 1.27. The monoisotopic (exact) mass is 536 g/mol. The molecule has 7 nitrogen and oxygen atoms in total. The summed E-state index contributed by atoms with van der Waals surface area (Å²) in [6.45, 7) is 8.69. The Morgan fingerprint density at radius 2 is 1.84 bits per heavy atom. The summed E-state index contributed by atoms with van der Waals surface area (Å²) in [5.74, 6) is 0. The largest absolute Gasteiger partial charge is 0.396 e. The number of ether oxygens (including phenoxy) is 1. The molecular formula is C30H40N4O3S. The van der Waals surface area contributed by atoms with Crippen molar-refractivity contribution >= 4 is 34.0 Å². The highest BCUT2D eigenvalue weighted by molar-refractivity contribution is 8.01. The van der Waals surface area contributed by atoms with E-state index in [2.05, 4.69) is 82.6 Å². The third kappa shape index (κ3) is 7.19. The van der Waals surface area contributed by atoms with Gasteiger partial charge in [0, 0.05) is 63.9 Å². The number of anilines is 1. The molecule has 0 aliphatic heterocycles. The summed E-state index contributed by atoms with van der Waals surface area (Å²) in [6, 6.07) is 19.7. The van der Waals surface area contributed by atoms with Gasteiger partial charge in [0.2, 0.25) is 0 Å². The van der Waals surface area contributed by atoms with Crippen molar-refractivity contribution in [3.05, 3.63) is 59.1 Å². The quantitative estimate of drug-likeness (QED) is 0.189. The van der Waals surface area contributed by atoms with Crippen LogP contribution < -0.4 is 9.62 Å². The lowest BCUT2D eigenvalue weighted by Crippen LogP contribution is -2.29. The Morgan fingerprint density at radius 3 is 2.50 bits per heavy atom. The maximum absolute atomic E-state index is 9.94. The number of aliphatic hydroxyl groups excluding tert-OH is 2. The van der Waals surface area contributed by atoms with Crippen molar-refractivity contribution in [3.8, 4) is 17.3 Å². The average Bonchev–Trinajstić information content (AvgIpc) is 3.31. The van der Waals surface area contributed by atoms with Gasteiger partial charge in [-0.2, -0.15) is 5.26 Å². The molecule has 0 aliphatic rings. The summed E-state index contributed by atoms with van der Waals surface area (Å²) in [5, 5.41) is 31.2. The van der Waals surface area contributed by atoms with Gasteiger partial charge in [0.1, 0.15) is 11.0 Å². The van der Waals surface area contributed by atoms with Crippen LogP contribution in [0.25, 0.3) is 27.6 Å². The second-order valence-electron chi connectivity index (χ2n) is 9.36. The molecule has 0 fully saturated rings. The SMILES string of the molecule is CCN(CC)c1ccc2cc(-c3ccc(/C(C)=C(\C#N)SNCC(CC(O)CCO)OC)n3C)ccc2c1. The number of nitriles is 1. The minimum Gasteiger partial charge on any atom is -0.396 e. The third-order valence-corrected chi connectivity index (χ3v) is 7.92. The van der Waals surface area contributed by atoms with E-state index in [9.17, 15) is 10.4 Å². The van der Waals surface area contributed by atoms with Crippen LogP contribution >= 0.6 is 11.9 Å². The first-order valence-corrected chi connectivity index (χ1v) is 14.0. The number of aliphatic hydroxyl groups is 2. The molecule has 2 aromatic carbocycles. The Labute approximate surface area is 230 Å². The molecule has 0 bridgehead atoms. The van der Waals surface area contributed by atoms with Gasteiger partial charge in [-0.05, 0) is 91.4 Å². The van der Waals surface area contributed by atoms with Crippen molar-refractivity contribution in [1.82, 2.24) is 9.29 Å². The van der Waals surface area contributed by atoms with E-state index in [1.807, 2.05) is 14.0 Å². The average molecular weight is 537 g/mol. The van der Waals surface area contributed by atoms with Crippen LogP contribution in [0.3, 0.4) is 0 Å². The highest BCUT2D eigenvalue weighted by atomic mass is 32.2. The standard InChI is InChI=1S/C30H40N4O3S/c1-6-34(7-2)25-11-10-22-16-24(9-8-23(22)17-25)29-13-12-28(33(29)4)21(3)30(19-31)38-32-20-27(37-5)18-26(36)14-15-35/h8-13,16-17,26-27,32,35-36H,6-7,14-15,18,20H2,1-5H3/b30-21+. The van der Waals surface area contributed by atoms with Crippen LogP contribution in [0.2, 0.25) is 0 Å². The Morgan fingerprint density at radius 1 is 1.13 bits per heavy atom. The number of hydrogen-bond donors (Lipinski definition) is 3. The third-order valence-electron chi connectivity index (χ3n) is 7.01. The van der Waals surface area contributed by atoms with Crippen molar-refractivity contribution < 1.29 is 14.9 Å². The summed E-state index contributed by atoms with van der Waals surface area (Å²) in [7, 11) is 3.62. The number of fused-ring (bicyclic) bond motifs is 1. The summed E-state index contributed by atoms with van der Waals surface area (Å²) in [5.41, 5.74) is 5.32. The first-order chi connectivity index (χ1) is 18.4. The number of aromatic nitrogens is 1. The van der Waals surface area contributed by atoms with Crippen LogP contribution in [0.4, 0.5) is 5.69 Å². The maximum atomic E-state index is 9.94. The van der Waals surface area contributed by atoms with Gasteiger partial charge >= 0.3 is 0 Å². The zero-order valence-corrected chi connectivity index (χ0v) is 23.9. The summed E-state index contributed by atoms with van der Waals surface area (Å²) < 4.78 is 10.8. The van der Waals surface area contributed by atoms with Gasteiger partial charge < -0.3 is 24.4 Å². The normalized spacial score (nSPS) is 13.7. The minimum atomic E-state index is -0.620. The van der Waals surface area contributed by atoms with E-state index in [1.54, 1.807) is 7.11 Å². The first kappa shape index (κ1) is 29.8. The number of rotatable bonds is 14. The fourth-order valence-corrected chi connectivity index (χ4v) is 5.41. The molecule has 1 heterocycles. The summed E-state index contributed by atoms with van der Waals surface area (Å²) in [6.07, 6.45) is -0.105. The maximum Gasteiger partial charge on any atom is 0.108 e. The van der Waals surface area contributed by atoms with E-state index in [-0.39, 0.29) is 12.7 Å². The molecule has 0 saturated carbocycles. The fourth-order valence-electron chi connectivity index (χ4n) is 4.70. The van der Waals surface area contributed by atoms with Crippen LogP contribution in [0.1, 0.15) is 39.3 Å². The van der Waals surface area contributed by atoms with E-state index in [4.69, 9.17) is 9.84 Å². The molecule has 0 amide bonds. The first-order valence-electron chi connectivity index (χ1n) is 13.1. The van der Waals surface area contributed by atoms with Crippen molar-refractivity contribution in [2.24, 2.45) is 7.05 Å². The number of methoxy groups -OCH3 is 1. The van der Waals surface area contributed by atoms with Crippen molar-refractivity contribution in [3.63, 3.8) is 0 Å². The zero-order valence-electron chi connectivity index (χ0n) is 23.1. The lowest BCUT2D eigenvalue weighted by molar-refractivity contribution is 0.0387. The predicted molar refractivity (Wildman–Crippen MR) is 159 cm³/mol. The highest BCUT2D eigenvalue weighted by Crippen LogP contribution is 2.32. The molecule has 2 unspecified atom stereocenters. The molecule has 3 N–H and O–H groups in total. The van der Waals surface area contributed by atoms with Gasteiger partial charge in [-0.1, -0.05) is 18.2 Å². The molecule has 8 heteroatoms. The van der Waals surface area contributed by atoms with Crippen LogP contribution in [0.5, 0.6) is 0 Å². The molecule has 0 aliphatic carbocycles. The Kier molecular flexibility index (Phi) is 11.3. The number of allylic oxidation sites excluding steroid dienone is 2. The van der Waals surface area contributed by atoms with E-state index in [0.29, 0.717) is 24.3 Å². The Bertz CT molecular complexity index is 1280. The number of hydrogen-bond acceptors (Lipinski definition) is 7. The molecule has 2 atom stereocenters. The number of benzene rings is 2. The molecule has 3 rings (SSSR count). The van der Waals surface area contributed by atoms with E-state index in [1.165, 1.54) is 28.4 Å². The molecule has 1 aromatic heterocycles. The topological polar surface area (TPSA) is 93.7 Å². The molecule has 3 aromatic rings. The van der Waals surface area contributed by atoms with Gasteiger partial charge in [0.15, 0.2) is 0 Å². The van der Waals surface area contributed by atoms with Gasteiger partial charge in [-0.3, -0.25) is 4.72 Å². The van der Waals surface area contributed by atoms with Gasteiger partial charge in [0.25, 0.3) is 0 Å². The molecular weight excluding hydrogens is 496 g/mol. The van der Waals surface area contributed by atoms with Crippen LogP contribution in [-0.4, -0.2) is 60.3 Å². The van der Waals surface area contributed by atoms with E-state index < -0.39 is 6.10 Å². The van der Waals surface area contributed by atoms with Crippen LogP contribution in [-0.2, 0) is 11.8 Å². The molecule has 0 spiro atoms. The lowest BCUT2D eigenvalue weighted by Gasteiger charge is -2.21. The molecule has 38 heavy (non-hydrogen) atoms. The minimum absolute atomic E-state index is 0.0598. The molecule has 204 valence electrons. The van der Waals surface area contributed by atoms with Crippen LogP contribution in [0.15, 0.2) is 53.4 Å². The number of nitrogens with zero attached hydrogens (tertiary/aromatic N) is 3. The lowest BCUT2D eigenvalue weighted by atomic mass is 10.0. The van der Waals surface area contributed by atoms with Gasteiger partial charge in [-0.25, -0.2) is 0 Å². The van der Waals surface area contributed by atoms with Crippen molar-refractivity contribution in [2.45, 2.75) is 45.8 Å². The fraction of sp³-hybridized carbons (Fsp3) is 0.433. The second kappa shape index (κ2) is 14.4. The van der Waals surface area contributed by atoms with Gasteiger partial charge in [-0.15, -0.1) is 0 Å². The zero-order chi connectivity index (χ0) is 27.7. The molecule has 0 radical (unpaired) electrons. The number of nitrogens with one attached hydrogen (secondary N) is 1. The smallest absolute Gasteiger partial charge is 0.108 e. The highest BCUT2D eigenvalue weighted by Gasteiger charge is 2.16. The van der Waals surface area contributed by atoms with Crippen molar-refractivity contribution in [1.29, 1.82) is 5.26 Å². The van der Waals surface area contributed by atoms with E-state index in [0.717, 1.165) is 35.6 Å². The second-order valence-corrected chi connectivity index (χ2v) is 10.3. The van der Waals surface area contributed by atoms with Crippen LogP contribution in [0, 0.1) is 11.3 Å². The predicted octanol–water partition coefficient (Wildman–Crippen LogP) is 5.33.